The van der Waals surface area contributed by atoms with Gasteiger partial charge in [0.1, 0.15) is 0 Å². The fourth-order valence-electron chi connectivity index (χ4n) is 3.46. The third kappa shape index (κ3) is 3.47. The van der Waals surface area contributed by atoms with E-state index in [-0.39, 0.29) is 0 Å². The molecule has 0 bridgehead atoms. The Hall–Kier alpha value is -3.58. The van der Waals surface area contributed by atoms with Gasteiger partial charge in [0.25, 0.3) is 0 Å². The maximum Gasteiger partial charge on any atom is 0.0540 e. The van der Waals surface area contributed by atoms with Crippen LogP contribution < -0.4 is 15.3 Å². The van der Waals surface area contributed by atoms with Crippen molar-refractivity contribution in [3.63, 3.8) is 0 Å². The molecule has 1 heteroatoms. The highest BCUT2D eigenvalue weighted by atomic mass is 15.2. The van der Waals surface area contributed by atoms with Crippen LogP contribution in [0.25, 0.3) is 24.4 Å². The van der Waals surface area contributed by atoms with E-state index in [0.717, 1.165) is 38.6 Å². The summed E-state index contributed by atoms with van der Waals surface area (Å²) in [4.78, 5) is 2.23. The molecule has 138 valence electrons. The molecule has 1 nitrogen and oxygen atoms in total. The van der Waals surface area contributed by atoms with Gasteiger partial charge in [-0.1, -0.05) is 93.1 Å². The molecular weight excluding hydrogens is 338 g/mol. The Kier molecular flexibility index (Phi) is 5.76. The molecule has 0 heterocycles. The first-order valence-electron chi connectivity index (χ1n) is 9.26. The van der Waals surface area contributed by atoms with Crippen LogP contribution in [-0.4, -0.2) is 0 Å². The summed E-state index contributed by atoms with van der Waals surface area (Å²) >= 11 is 0. The highest BCUT2D eigenvalue weighted by Crippen LogP contribution is 2.37. The number of rotatable bonds is 6. The summed E-state index contributed by atoms with van der Waals surface area (Å²) in [6, 6.07) is 22.7. The maximum absolute atomic E-state index is 4.23. The number of hydrogen-bond acceptors (Lipinski definition) is 1. The summed E-state index contributed by atoms with van der Waals surface area (Å²) in [7, 11) is 0. The van der Waals surface area contributed by atoms with Crippen molar-refractivity contribution in [2.24, 2.45) is 0 Å². The van der Waals surface area contributed by atoms with Gasteiger partial charge >= 0.3 is 0 Å². The third-order valence-corrected chi connectivity index (χ3v) is 4.87. The van der Waals surface area contributed by atoms with Crippen LogP contribution in [0, 0.1) is 6.92 Å². The van der Waals surface area contributed by atoms with Gasteiger partial charge < -0.3 is 4.90 Å². The van der Waals surface area contributed by atoms with E-state index in [1.54, 1.807) is 0 Å². The smallest absolute Gasteiger partial charge is 0.0540 e. The van der Waals surface area contributed by atoms with Crippen LogP contribution in [-0.2, 0) is 0 Å². The fourth-order valence-corrected chi connectivity index (χ4v) is 3.46. The first kappa shape index (κ1) is 19.2. The normalized spacial score (nSPS) is 11.5. The Morgan fingerprint density at radius 2 is 1.46 bits per heavy atom. The standard InChI is InChI=1S/C27H25N/c1-6-22-16-13-19-27(23(22)7-2)28(26-18-12-10-15-21(26)5)25(8-3)24-17-11-9-14-20(24)4/h6-19H,1-4H2,5H3/b25-24+. The lowest BCUT2D eigenvalue weighted by molar-refractivity contribution is 1.25. The second kappa shape index (κ2) is 8.41. The van der Waals surface area contributed by atoms with Crippen LogP contribution in [0.1, 0.15) is 16.7 Å². The van der Waals surface area contributed by atoms with Crippen molar-refractivity contribution < 1.29 is 0 Å². The SMILES string of the molecule is C=C/C(=c1/ccccc1=C)N(c1ccccc1C)c1cccc(C=C)c1C=C. The Bertz CT molecular complexity index is 1150. The first-order valence-corrected chi connectivity index (χ1v) is 9.26. The predicted octanol–water partition coefficient (Wildman–Crippen LogP) is 5.82. The third-order valence-electron chi connectivity index (χ3n) is 4.87. The lowest BCUT2D eigenvalue weighted by Gasteiger charge is -2.30. The van der Waals surface area contributed by atoms with E-state index >= 15 is 0 Å². The molecule has 0 radical (unpaired) electrons. The minimum Gasteiger partial charge on any atom is -0.309 e. The number of aryl methyl sites for hydroxylation is 1. The van der Waals surface area contributed by atoms with Crippen LogP contribution in [0.3, 0.4) is 0 Å². The van der Waals surface area contributed by atoms with E-state index in [1.165, 1.54) is 5.56 Å². The molecule has 3 aromatic carbocycles. The van der Waals surface area contributed by atoms with Gasteiger partial charge in [0.05, 0.1) is 11.4 Å². The summed E-state index contributed by atoms with van der Waals surface area (Å²) in [5, 5.41) is 2.00. The summed E-state index contributed by atoms with van der Waals surface area (Å²) in [5.41, 5.74) is 6.33. The minimum absolute atomic E-state index is 0.955. The van der Waals surface area contributed by atoms with Gasteiger partial charge in [-0.05, 0) is 41.5 Å². The molecule has 0 aliphatic rings. The van der Waals surface area contributed by atoms with Gasteiger partial charge in [-0.2, -0.15) is 0 Å². The number of nitrogens with zero attached hydrogens (tertiary/aromatic N) is 1. The molecule has 0 fully saturated rings. The largest absolute Gasteiger partial charge is 0.309 e. The molecule has 3 aromatic rings. The van der Waals surface area contributed by atoms with Crippen LogP contribution in [0.2, 0.25) is 0 Å². The Balaban J connectivity index is 2.48. The molecule has 0 N–H and O–H groups in total. The Labute approximate surface area is 167 Å². The van der Waals surface area contributed by atoms with Gasteiger partial charge in [-0.25, -0.2) is 0 Å². The zero-order valence-electron chi connectivity index (χ0n) is 16.4. The van der Waals surface area contributed by atoms with Gasteiger partial charge in [0, 0.05) is 16.5 Å². The predicted molar refractivity (Wildman–Crippen MR) is 125 cm³/mol. The highest BCUT2D eigenvalue weighted by molar-refractivity contribution is 5.90. The topological polar surface area (TPSA) is 3.24 Å². The minimum atomic E-state index is 0.955. The number of hydrogen-bond donors (Lipinski definition) is 0. The lowest BCUT2D eigenvalue weighted by atomic mass is 10.0. The molecule has 0 saturated carbocycles. The van der Waals surface area contributed by atoms with E-state index in [4.69, 9.17) is 0 Å². The van der Waals surface area contributed by atoms with Gasteiger partial charge in [-0.15, -0.1) is 0 Å². The first-order chi connectivity index (χ1) is 13.6. The molecule has 0 saturated heterocycles. The van der Waals surface area contributed by atoms with Crippen LogP contribution in [0.15, 0.2) is 92.5 Å². The van der Waals surface area contributed by atoms with Gasteiger partial charge in [0.15, 0.2) is 0 Å². The molecule has 0 unspecified atom stereocenters. The maximum atomic E-state index is 4.23. The van der Waals surface area contributed by atoms with E-state index in [9.17, 15) is 0 Å². The molecule has 0 aliphatic carbocycles. The van der Waals surface area contributed by atoms with Gasteiger partial charge in [-0.3, -0.25) is 0 Å². The molecular formula is C27H25N. The number of anilines is 2. The fraction of sp³-hybridized carbons (Fsp3) is 0.0370. The molecule has 0 aromatic heterocycles. The highest BCUT2D eigenvalue weighted by Gasteiger charge is 2.18. The van der Waals surface area contributed by atoms with E-state index < -0.39 is 0 Å². The van der Waals surface area contributed by atoms with Crippen molar-refractivity contribution in [1.29, 1.82) is 0 Å². The summed E-state index contributed by atoms with van der Waals surface area (Å²) in [6.07, 6.45) is 5.64. The summed E-state index contributed by atoms with van der Waals surface area (Å²) in [5.74, 6) is 0. The van der Waals surface area contributed by atoms with Crippen LogP contribution >= 0.6 is 0 Å². The number of para-hydroxylation sites is 1. The average Bonchev–Trinajstić information content (AvgIpc) is 2.73. The molecule has 0 amide bonds. The van der Waals surface area contributed by atoms with Crippen LogP contribution in [0.4, 0.5) is 11.4 Å². The zero-order chi connectivity index (χ0) is 20.1. The molecule has 0 atom stereocenters. The number of benzene rings is 3. The van der Waals surface area contributed by atoms with Crippen molar-refractivity contribution >= 4 is 35.8 Å². The van der Waals surface area contributed by atoms with Crippen molar-refractivity contribution in [3.05, 3.63) is 120 Å². The van der Waals surface area contributed by atoms with Crippen molar-refractivity contribution in [2.45, 2.75) is 6.92 Å². The second-order valence-corrected chi connectivity index (χ2v) is 6.56. The van der Waals surface area contributed by atoms with Crippen molar-refractivity contribution in [2.75, 3.05) is 4.90 Å². The average molecular weight is 364 g/mol. The Morgan fingerprint density at radius 3 is 2.11 bits per heavy atom. The van der Waals surface area contributed by atoms with Crippen LogP contribution in [0.5, 0.6) is 0 Å². The molecule has 28 heavy (non-hydrogen) atoms. The van der Waals surface area contributed by atoms with Gasteiger partial charge in [0.2, 0.25) is 0 Å². The molecule has 3 rings (SSSR count). The monoisotopic (exact) mass is 363 g/mol. The van der Waals surface area contributed by atoms with Crippen molar-refractivity contribution in [3.8, 4) is 0 Å². The lowest BCUT2D eigenvalue weighted by Crippen LogP contribution is -2.31. The molecule has 0 spiro atoms. The van der Waals surface area contributed by atoms with Crippen molar-refractivity contribution in [1.82, 2.24) is 0 Å². The zero-order valence-corrected chi connectivity index (χ0v) is 16.4. The summed E-state index contributed by atoms with van der Waals surface area (Å²) in [6.45, 7) is 18.5. The quantitative estimate of drug-likeness (QED) is 0.533. The van der Waals surface area contributed by atoms with E-state index in [2.05, 4.69) is 74.5 Å². The Morgan fingerprint density at radius 1 is 0.786 bits per heavy atom. The second-order valence-electron chi connectivity index (χ2n) is 6.56. The van der Waals surface area contributed by atoms with E-state index in [1.807, 2.05) is 48.6 Å². The summed E-state index contributed by atoms with van der Waals surface area (Å²) < 4.78 is 0. The van der Waals surface area contributed by atoms with E-state index in [0.29, 0.717) is 0 Å². The molecule has 0 aliphatic heterocycles.